The smallest absolute Gasteiger partial charge is 0.0317 e. The van der Waals surface area contributed by atoms with Gasteiger partial charge in [-0.05, 0) is 55.1 Å². The Morgan fingerprint density at radius 3 is 2.70 bits per heavy atom. The first-order valence-electron chi connectivity index (χ1n) is 7.34. The predicted molar refractivity (Wildman–Crippen MR) is 84.6 cm³/mol. The number of likely N-dealkylation sites (N-methyl/N-ethyl adjacent to an activating group) is 1. The Kier molecular flexibility index (Phi) is 3.75. The largest absolute Gasteiger partial charge is 0.399 e. The Bertz CT molecular complexity index is 591. The number of aryl methyl sites for hydroxylation is 1. The van der Waals surface area contributed by atoms with Gasteiger partial charge in [0, 0.05) is 18.3 Å². The highest BCUT2D eigenvalue weighted by molar-refractivity contribution is 5.40. The van der Waals surface area contributed by atoms with E-state index in [1.54, 1.807) is 0 Å². The van der Waals surface area contributed by atoms with Crippen LogP contribution in [0.3, 0.4) is 0 Å². The van der Waals surface area contributed by atoms with E-state index in [0.717, 1.165) is 18.7 Å². The Morgan fingerprint density at radius 2 is 1.90 bits per heavy atom. The lowest BCUT2D eigenvalue weighted by Gasteiger charge is -2.32. The second kappa shape index (κ2) is 5.68. The maximum absolute atomic E-state index is 5.86. The van der Waals surface area contributed by atoms with E-state index < -0.39 is 0 Å². The molecular weight excluding hydrogens is 244 g/mol. The molecule has 0 aliphatic heterocycles. The lowest BCUT2D eigenvalue weighted by atomic mass is 9.87. The maximum atomic E-state index is 5.86. The van der Waals surface area contributed by atoms with Crippen molar-refractivity contribution < 1.29 is 0 Å². The fourth-order valence-corrected chi connectivity index (χ4v) is 3.16. The quantitative estimate of drug-likeness (QED) is 0.864. The minimum absolute atomic E-state index is 0.631. The van der Waals surface area contributed by atoms with Crippen molar-refractivity contribution in [1.82, 2.24) is 4.90 Å². The van der Waals surface area contributed by atoms with Gasteiger partial charge in [-0.1, -0.05) is 36.4 Å². The number of hydrogen-bond acceptors (Lipinski definition) is 2. The molecule has 0 saturated heterocycles. The molecule has 0 spiro atoms. The van der Waals surface area contributed by atoms with Gasteiger partial charge in [0.05, 0.1) is 0 Å². The van der Waals surface area contributed by atoms with Crippen molar-refractivity contribution in [3.05, 3.63) is 65.2 Å². The zero-order valence-corrected chi connectivity index (χ0v) is 12.0. The topological polar surface area (TPSA) is 29.3 Å². The van der Waals surface area contributed by atoms with Crippen LogP contribution in [-0.2, 0) is 19.4 Å². The van der Waals surface area contributed by atoms with Crippen LogP contribution in [0.1, 0.15) is 23.1 Å². The third-order valence-electron chi connectivity index (χ3n) is 4.33. The molecule has 2 aromatic rings. The van der Waals surface area contributed by atoms with Crippen molar-refractivity contribution in [2.24, 2.45) is 0 Å². The van der Waals surface area contributed by atoms with Gasteiger partial charge in [0.2, 0.25) is 0 Å². The van der Waals surface area contributed by atoms with Gasteiger partial charge in [-0.15, -0.1) is 0 Å². The molecular formula is C18H22N2. The molecule has 0 fully saturated rings. The molecule has 2 heteroatoms. The maximum Gasteiger partial charge on any atom is 0.0317 e. The van der Waals surface area contributed by atoms with Crippen LogP contribution in [0.15, 0.2) is 48.5 Å². The van der Waals surface area contributed by atoms with Gasteiger partial charge < -0.3 is 5.73 Å². The Balaban J connectivity index is 1.68. The molecule has 0 saturated carbocycles. The summed E-state index contributed by atoms with van der Waals surface area (Å²) >= 11 is 0. The van der Waals surface area contributed by atoms with Crippen LogP contribution in [0.2, 0.25) is 0 Å². The highest BCUT2D eigenvalue weighted by Crippen LogP contribution is 2.24. The van der Waals surface area contributed by atoms with Crippen molar-refractivity contribution in [3.8, 4) is 0 Å². The molecule has 0 radical (unpaired) electrons. The molecule has 104 valence electrons. The molecule has 20 heavy (non-hydrogen) atoms. The van der Waals surface area contributed by atoms with Gasteiger partial charge in [0.15, 0.2) is 0 Å². The fraction of sp³-hybridized carbons (Fsp3) is 0.333. The monoisotopic (exact) mass is 266 g/mol. The molecule has 1 aliphatic carbocycles. The first-order valence-corrected chi connectivity index (χ1v) is 7.34. The van der Waals surface area contributed by atoms with Crippen LogP contribution in [0.5, 0.6) is 0 Å². The zero-order chi connectivity index (χ0) is 13.9. The molecule has 1 aliphatic rings. The molecule has 1 unspecified atom stereocenters. The summed E-state index contributed by atoms with van der Waals surface area (Å²) in [5.74, 6) is 0. The fourth-order valence-electron chi connectivity index (χ4n) is 3.16. The van der Waals surface area contributed by atoms with E-state index in [2.05, 4.69) is 48.3 Å². The van der Waals surface area contributed by atoms with Gasteiger partial charge in [-0.25, -0.2) is 0 Å². The molecule has 2 aromatic carbocycles. The van der Waals surface area contributed by atoms with Crippen molar-refractivity contribution in [3.63, 3.8) is 0 Å². The highest BCUT2D eigenvalue weighted by atomic mass is 15.1. The van der Waals surface area contributed by atoms with Crippen LogP contribution >= 0.6 is 0 Å². The first-order chi connectivity index (χ1) is 9.72. The first kappa shape index (κ1) is 13.2. The lowest BCUT2D eigenvalue weighted by Crippen LogP contribution is -2.36. The Labute approximate surface area is 121 Å². The third-order valence-corrected chi connectivity index (χ3v) is 4.33. The summed E-state index contributed by atoms with van der Waals surface area (Å²) in [5.41, 5.74) is 11.1. The second-order valence-corrected chi connectivity index (χ2v) is 5.83. The average molecular weight is 266 g/mol. The molecule has 0 heterocycles. The second-order valence-electron chi connectivity index (χ2n) is 5.83. The van der Waals surface area contributed by atoms with Gasteiger partial charge in [0.1, 0.15) is 0 Å². The summed E-state index contributed by atoms with van der Waals surface area (Å²) in [6.45, 7) is 0.970. The van der Waals surface area contributed by atoms with Gasteiger partial charge in [-0.3, -0.25) is 4.90 Å². The number of rotatable bonds is 3. The molecule has 0 bridgehead atoms. The van der Waals surface area contributed by atoms with Crippen LogP contribution in [-0.4, -0.2) is 18.0 Å². The molecule has 2 N–H and O–H groups in total. The summed E-state index contributed by atoms with van der Waals surface area (Å²) < 4.78 is 0. The Morgan fingerprint density at radius 1 is 1.10 bits per heavy atom. The van der Waals surface area contributed by atoms with E-state index in [1.165, 1.54) is 29.5 Å². The number of hydrogen-bond donors (Lipinski definition) is 1. The van der Waals surface area contributed by atoms with Crippen LogP contribution in [0.4, 0.5) is 5.69 Å². The van der Waals surface area contributed by atoms with E-state index >= 15 is 0 Å². The third kappa shape index (κ3) is 2.86. The van der Waals surface area contributed by atoms with Crippen molar-refractivity contribution in [1.29, 1.82) is 0 Å². The zero-order valence-electron chi connectivity index (χ0n) is 12.0. The predicted octanol–water partition coefficient (Wildman–Crippen LogP) is 3.26. The van der Waals surface area contributed by atoms with E-state index in [1.807, 2.05) is 12.1 Å². The summed E-state index contributed by atoms with van der Waals surface area (Å²) in [5, 5.41) is 0. The van der Waals surface area contributed by atoms with E-state index in [-0.39, 0.29) is 0 Å². The normalized spacial score (nSPS) is 18.0. The van der Waals surface area contributed by atoms with Crippen LogP contribution in [0.25, 0.3) is 0 Å². The van der Waals surface area contributed by atoms with E-state index in [9.17, 15) is 0 Å². The van der Waals surface area contributed by atoms with E-state index in [4.69, 9.17) is 5.73 Å². The number of benzene rings is 2. The lowest BCUT2D eigenvalue weighted by molar-refractivity contribution is 0.214. The van der Waals surface area contributed by atoms with Gasteiger partial charge >= 0.3 is 0 Å². The van der Waals surface area contributed by atoms with Crippen molar-refractivity contribution in [2.75, 3.05) is 12.8 Å². The Hall–Kier alpha value is -1.80. The van der Waals surface area contributed by atoms with Crippen LogP contribution in [0, 0.1) is 0 Å². The molecule has 0 amide bonds. The van der Waals surface area contributed by atoms with Crippen molar-refractivity contribution in [2.45, 2.75) is 31.8 Å². The SMILES string of the molecule is CN(Cc1cccc(N)c1)C1CCc2ccccc2C1. The molecule has 1 atom stereocenters. The molecule has 3 rings (SSSR count). The summed E-state index contributed by atoms with van der Waals surface area (Å²) in [7, 11) is 2.22. The number of nitrogen functional groups attached to an aromatic ring is 1. The minimum atomic E-state index is 0.631. The number of anilines is 1. The van der Waals surface area contributed by atoms with E-state index in [0.29, 0.717) is 6.04 Å². The van der Waals surface area contributed by atoms with Crippen molar-refractivity contribution >= 4 is 5.69 Å². The average Bonchev–Trinajstić information content (AvgIpc) is 2.47. The summed E-state index contributed by atoms with van der Waals surface area (Å²) in [4.78, 5) is 2.46. The summed E-state index contributed by atoms with van der Waals surface area (Å²) in [6, 6.07) is 17.7. The highest BCUT2D eigenvalue weighted by Gasteiger charge is 2.21. The van der Waals surface area contributed by atoms with Gasteiger partial charge in [0.25, 0.3) is 0 Å². The molecule has 0 aromatic heterocycles. The minimum Gasteiger partial charge on any atom is -0.399 e. The number of fused-ring (bicyclic) bond motifs is 1. The number of nitrogens with zero attached hydrogens (tertiary/aromatic N) is 1. The standard InChI is InChI=1S/C18H22N2/c1-20(13-14-5-4-8-17(19)11-14)18-10-9-15-6-2-3-7-16(15)12-18/h2-8,11,18H,9-10,12-13,19H2,1H3. The van der Waals surface area contributed by atoms with Gasteiger partial charge in [-0.2, -0.15) is 0 Å². The summed E-state index contributed by atoms with van der Waals surface area (Å²) in [6.07, 6.45) is 3.60. The molecule has 2 nitrogen and oxygen atoms in total. The van der Waals surface area contributed by atoms with Crippen LogP contribution < -0.4 is 5.73 Å². The number of nitrogens with two attached hydrogens (primary N) is 1.